The van der Waals surface area contributed by atoms with Crippen LogP contribution in [-0.2, 0) is 11.2 Å². The summed E-state index contributed by atoms with van der Waals surface area (Å²) in [6, 6.07) is 0. The highest BCUT2D eigenvalue weighted by Gasteiger charge is 2.38. The molecular formula is C17H29ClN4O2S. The van der Waals surface area contributed by atoms with Crippen molar-refractivity contribution < 1.29 is 9.53 Å². The van der Waals surface area contributed by atoms with Crippen LogP contribution in [0, 0.1) is 0 Å². The number of nitrogens with one attached hydrogen (secondary N) is 1. The molecule has 0 bridgehead atoms. The van der Waals surface area contributed by atoms with Gasteiger partial charge in [-0.3, -0.25) is 9.69 Å². The average molecular weight is 389 g/mol. The van der Waals surface area contributed by atoms with E-state index in [0.717, 1.165) is 50.6 Å². The van der Waals surface area contributed by atoms with Gasteiger partial charge in [-0.1, -0.05) is 19.3 Å². The maximum Gasteiger partial charge on any atom is 0.270 e. The summed E-state index contributed by atoms with van der Waals surface area (Å²) in [6.07, 6.45) is 6.82. The predicted octanol–water partition coefficient (Wildman–Crippen LogP) is 1.83. The van der Waals surface area contributed by atoms with Gasteiger partial charge in [0.15, 0.2) is 0 Å². The highest BCUT2D eigenvalue weighted by molar-refractivity contribution is 7.09. The highest BCUT2D eigenvalue weighted by Crippen LogP contribution is 2.34. The monoisotopic (exact) mass is 388 g/mol. The molecule has 0 unspecified atom stereocenters. The van der Waals surface area contributed by atoms with Crippen LogP contribution in [-0.4, -0.2) is 60.7 Å². The van der Waals surface area contributed by atoms with E-state index in [2.05, 4.69) is 15.2 Å². The van der Waals surface area contributed by atoms with Gasteiger partial charge < -0.3 is 15.8 Å². The van der Waals surface area contributed by atoms with Crippen LogP contribution in [0.15, 0.2) is 5.38 Å². The van der Waals surface area contributed by atoms with Crippen LogP contribution in [0.3, 0.4) is 0 Å². The SMILES string of the molecule is Cl.NCCc1nc(C(=O)NCC2(N3CCOCC3)CCCCC2)cs1. The van der Waals surface area contributed by atoms with Gasteiger partial charge in [0.25, 0.3) is 5.91 Å². The van der Waals surface area contributed by atoms with E-state index in [1.54, 1.807) is 0 Å². The minimum atomic E-state index is -0.0623. The topological polar surface area (TPSA) is 80.5 Å². The minimum absolute atomic E-state index is 0. The quantitative estimate of drug-likeness (QED) is 0.777. The van der Waals surface area contributed by atoms with E-state index < -0.39 is 0 Å². The Morgan fingerprint density at radius 3 is 2.72 bits per heavy atom. The molecule has 3 rings (SSSR count). The molecule has 0 atom stereocenters. The normalized spacial score (nSPS) is 20.7. The van der Waals surface area contributed by atoms with Crippen molar-refractivity contribution in [2.45, 2.75) is 44.1 Å². The van der Waals surface area contributed by atoms with Crippen molar-refractivity contribution >= 4 is 29.7 Å². The molecule has 2 aliphatic rings. The van der Waals surface area contributed by atoms with Crippen molar-refractivity contribution in [1.82, 2.24) is 15.2 Å². The minimum Gasteiger partial charge on any atom is -0.379 e. The number of hydrogen-bond donors (Lipinski definition) is 2. The Hall–Kier alpha value is -0.730. The summed E-state index contributed by atoms with van der Waals surface area (Å²) < 4.78 is 5.51. The molecule has 0 spiro atoms. The zero-order valence-electron chi connectivity index (χ0n) is 14.7. The second-order valence-electron chi connectivity index (χ2n) is 6.73. The Kier molecular flexibility index (Phi) is 8.09. The van der Waals surface area contributed by atoms with Crippen LogP contribution in [0.2, 0.25) is 0 Å². The molecule has 2 fully saturated rings. The van der Waals surface area contributed by atoms with E-state index in [1.165, 1.54) is 30.6 Å². The summed E-state index contributed by atoms with van der Waals surface area (Å²) >= 11 is 1.51. The van der Waals surface area contributed by atoms with Crippen LogP contribution >= 0.6 is 23.7 Å². The number of morpholine rings is 1. The Morgan fingerprint density at radius 2 is 2.04 bits per heavy atom. The second-order valence-corrected chi connectivity index (χ2v) is 7.67. The van der Waals surface area contributed by atoms with E-state index in [4.69, 9.17) is 10.5 Å². The summed E-state index contributed by atoms with van der Waals surface area (Å²) in [5, 5.41) is 5.92. The summed E-state index contributed by atoms with van der Waals surface area (Å²) in [5.41, 5.74) is 6.17. The lowest BCUT2D eigenvalue weighted by Gasteiger charge is -2.48. The van der Waals surface area contributed by atoms with E-state index in [0.29, 0.717) is 18.8 Å². The van der Waals surface area contributed by atoms with Crippen molar-refractivity contribution in [3.8, 4) is 0 Å². The lowest BCUT2D eigenvalue weighted by atomic mass is 9.79. The second kappa shape index (κ2) is 9.83. The molecule has 1 aliphatic carbocycles. The molecule has 2 heterocycles. The van der Waals surface area contributed by atoms with Gasteiger partial charge in [0, 0.05) is 37.0 Å². The Balaban J connectivity index is 0.00000225. The van der Waals surface area contributed by atoms with E-state index in [-0.39, 0.29) is 23.9 Å². The van der Waals surface area contributed by atoms with Crippen molar-refractivity contribution in [2.24, 2.45) is 5.73 Å². The maximum atomic E-state index is 12.5. The maximum absolute atomic E-state index is 12.5. The number of thiazole rings is 1. The van der Waals surface area contributed by atoms with Crippen molar-refractivity contribution in [3.05, 3.63) is 16.1 Å². The number of halogens is 1. The fourth-order valence-electron chi connectivity index (χ4n) is 3.84. The van der Waals surface area contributed by atoms with Gasteiger partial charge in [-0.15, -0.1) is 23.7 Å². The smallest absolute Gasteiger partial charge is 0.270 e. The number of amides is 1. The van der Waals surface area contributed by atoms with Gasteiger partial charge in [0.05, 0.1) is 18.2 Å². The summed E-state index contributed by atoms with van der Waals surface area (Å²) in [4.78, 5) is 19.4. The molecule has 1 aromatic heterocycles. The number of nitrogens with two attached hydrogens (primary N) is 1. The lowest BCUT2D eigenvalue weighted by molar-refractivity contribution is -0.0361. The number of carbonyl (C=O) groups is 1. The summed E-state index contributed by atoms with van der Waals surface area (Å²) in [5.74, 6) is -0.0623. The fourth-order valence-corrected chi connectivity index (χ4v) is 4.64. The van der Waals surface area contributed by atoms with Crippen LogP contribution in [0.1, 0.15) is 47.6 Å². The third-order valence-electron chi connectivity index (χ3n) is 5.19. The van der Waals surface area contributed by atoms with Gasteiger partial charge >= 0.3 is 0 Å². The first kappa shape index (κ1) is 20.6. The van der Waals surface area contributed by atoms with Crippen molar-refractivity contribution in [3.63, 3.8) is 0 Å². The molecule has 8 heteroatoms. The number of carbonyl (C=O) groups excluding carboxylic acids is 1. The number of ether oxygens (including phenoxy) is 1. The van der Waals surface area contributed by atoms with Crippen LogP contribution in [0.5, 0.6) is 0 Å². The first-order valence-corrected chi connectivity index (χ1v) is 9.87. The largest absolute Gasteiger partial charge is 0.379 e. The van der Waals surface area contributed by atoms with E-state index in [1.807, 2.05) is 5.38 Å². The zero-order chi connectivity index (χ0) is 16.8. The number of hydrogen-bond acceptors (Lipinski definition) is 6. The Bertz CT molecular complexity index is 543. The van der Waals surface area contributed by atoms with Crippen LogP contribution in [0.25, 0.3) is 0 Å². The summed E-state index contributed by atoms with van der Waals surface area (Å²) in [6.45, 7) is 4.79. The molecule has 1 aromatic rings. The Morgan fingerprint density at radius 1 is 1.32 bits per heavy atom. The Labute approximate surface area is 159 Å². The zero-order valence-corrected chi connectivity index (χ0v) is 16.3. The lowest BCUT2D eigenvalue weighted by Crippen LogP contribution is -2.59. The first-order valence-electron chi connectivity index (χ1n) is 8.99. The number of aromatic nitrogens is 1. The van der Waals surface area contributed by atoms with Crippen molar-refractivity contribution in [2.75, 3.05) is 39.4 Å². The molecule has 142 valence electrons. The predicted molar refractivity (Wildman–Crippen MR) is 103 cm³/mol. The third-order valence-corrected chi connectivity index (χ3v) is 6.10. The molecule has 1 aliphatic heterocycles. The molecular weight excluding hydrogens is 360 g/mol. The molecule has 25 heavy (non-hydrogen) atoms. The third kappa shape index (κ3) is 5.14. The highest BCUT2D eigenvalue weighted by atomic mass is 35.5. The van der Waals surface area contributed by atoms with Crippen LogP contribution in [0.4, 0.5) is 0 Å². The van der Waals surface area contributed by atoms with Gasteiger partial charge in [0.2, 0.25) is 0 Å². The van der Waals surface area contributed by atoms with Gasteiger partial charge in [-0.25, -0.2) is 4.98 Å². The van der Waals surface area contributed by atoms with Crippen LogP contribution < -0.4 is 11.1 Å². The number of rotatable bonds is 6. The molecule has 0 radical (unpaired) electrons. The number of nitrogens with zero attached hydrogens (tertiary/aromatic N) is 2. The van der Waals surface area contributed by atoms with Gasteiger partial charge in [-0.2, -0.15) is 0 Å². The van der Waals surface area contributed by atoms with Gasteiger partial charge in [0.1, 0.15) is 5.69 Å². The molecule has 1 saturated carbocycles. The standard InChI is InChI=1S/C17H28N4O2S.ClH/c18-7-4-15-20-14(12-24-15)16(22)19-13-17(5-2-1-3-6-17)21-8-10-23-11-9-21;/h12H,1-11,13,18H2,(H,19,22);1H. The molecule has 6 nitrogen and oxygen atoms in total. The van der Waals surface area contributed by atoms with E-state index in [9.17, 15) is 4.79 Å². The van der Waals surface area contributed by atoms with Crippen molar-refractivity contribution in [1.29, 1.82) is 0 Å². The summed E-state index contributed by atoms with van der Waals surface area (Å²) in [7, 11) is 0. The molecule has 1 saturated heterocycles. The first-order chi connectivity index (χ1) is 11.7. The van der Waals surface area contributed by atoms with Gasteiger partial charge in [-0.05, 0) is 19.4 Å². The molecule has 1 amide bonds. The average Bonchev–Trinajstić information content (AvgIpc) is 3.10. The molecule has 3 N–H and O–H groups in total. The fraction of sp³-hybridized carbons (Fsp3) is 0.765. The van der Waals surface area contributed by atoms with E-state index >= 15 is 0 Å². The molecule has 0 aromatic carbocycles.